The van der Waals surface area contributed by atoms with Crippen LogP contribution in [-0.2, 0) is 12.6 Å². The van der Waals surface area contributed by atoms with Crippen molar-refractivity contribution in [3.63, 3.8) is 0 Å². The first kappa shape index (κ1) is 13.1. The number of nitrogens with zero attached hydrogens (tertiary/aromatic N) is 3. The summed E-state index contributed by atoms with van der Waals surface area (Å²) in [6.45, 7) is 0. The largest absolute Gasteiger partial charge is 0.417 e. The molecule has 1 aliphatic rings. The van der Waals surface area contributed by atoms with E-state index < -0.39 is 11.7 Å². The van der Waals surface area contributed by atoms with Gasteiger partial charge in [-0.25, -0.2) is 0 Å². The molecule has 1 unspecified atom stereocenters. The summed E-state index contributed by atoms with van der Waals surface area (Å²) < 4.78 is 40.9. The van der Waals surface area contributed by atoms with Crippen molar-refractivity contribution in [2.75, 3.05) is 0 Å². The van der Waals surface area contributed by atoms with Crippen molar-refractivity contribution >= 4 is 0 Å². The Hall–Kier alpha value is -1.89. The molecule has 0 aliphatic carbocycles. The van der Waals surface area contributed by atoms with Gasteiger partial charge < -0.3 is 5.73 Å². The molecule has 0 amide bonds. The fourth-order valence-electron chi connectivity index (χ4n) is 2.55. The van der Waals surface area contributed by atoms with Crippen LogP contribution in [0.1, 0.15) is 30.4 Å². The number of hydrogen-bond donors (Lipinski definition) is 1. The fraction of sp³-hybridized carbons (Fsp3) is 0.385. The van der Waals surface area contributed by atoms with E-state index in [9.17, 15) is 13.2 Å². The molecule has 0 spiro atoms. The molecule has 20 heavy (non-hydrogen) atoms. The second-order valence-electron chi connectivity index (χ2n) is 4.81. The Bertz CT molecular complexity index is 633. The highest BCUT2D eigenvalue weighted by atomic mass is 19.4. The van der Waals surface area contributed by atoms with Gasteiger partial charge in [-0.3, -0.25) is 4.57 Å². The molecule has 0 fully saturated rings. The van der Waals surface area contributed by atoms with Crippen LogP contribution in [0.2, 0.25) is 0 Å². The van der Waals surface area contributed by atoms with Crippen molar-refractivity contribution in [3.8, 4) is 11.4 Å². The Morgan fingerprint density at radius 1 is 1.20 bits per heavy atom. The van der Waals surface area contributed by atoms with Gasteiger partial charge in [-0.05, 0) is 18.9 Å². The quantitative estimate of drug-likeness (QED) is 0.875. The number of halogens is 3. The minimum atomic E-state index is -4.43. The average molecular weight is 282 g/mol. The van der Waals surface area contributed by atoms with Crippen LogP contribution in [0.4, 0.5) is 13.2 Å². The summed E-state index contributed by atoms with van der Waals surface area (Å²) in [5.74, 6) is 0.843. The Morgan fingerprint density at radius 2 is 1.95 bits per heavy atom. The standard InChI is InChI=1S/C13H13F3N4/c14-13(15,16)9-5-2-1-4-8(9)12-19-18-11-7-3-6-10(17)20(11)12/h1-2,4-5,10H,3,6-7,17H2. The van der Waals surface area contributed by atoms with Crippen molar-refractivity contribution in [2.24, 2.45) is 5.73 Å². The topological polar surface area (TPSA) is 56.7 Å². The number of aryl methyl sites for hydroxylation is 1. The van der Waals surface area contributed by atoms with Gasteiger partial charge in [-0.1, -0.05) is 18.2 Å². The Balaban J connectivity index is 2.18. The van der Waals surface area contributed by atoms with E-state index in [0.29, 0.717) is 18.7 Å². The summed E-state index contributed by atoms with van der Waals surface area (Å²) in [5.41, 5.74) is 5.30. The van der Waals surface area contributed by atoms with Crippen molar-refractivity contribution in [1.82, 2.24) is 14.8 Å². The van der Waals surface area contributed by atoms with Crippen LogP contribution in [0.3, 0.4) is 0 Å². The molecule has 0 saturated carbocycles. The highest BCUT2D eigenvalue weighted by Crippen LogP contribution is 2.37. The van der Waals surface area contributed by atoms with Crippen LogP contribution in [0.25, 0.3) is 11.4 Å². The van der Waals surface area contributed by atoms with Crippen molar-refractivity contribution in [2.45, 2.75) is 31.6 Å². The smallest absolute Gasteiger partial charge is 0.311 e. The van der Waals surface area contributed by atoms with Crippen molar-refractivity contribution in [3.05, 3.63) is 35.7 Å². The first-order valence-electron chi connectivity index (χ1n) is 6.34. The summed E-state index contributed by atoms with van der Waals surface area (Å²) in [6, 6.07) is 5.37. The van der Waals surface area contributed by atoms with E-state index in [-0.39, 0.29) is 17.6 Å². The average Bonchev–Trinajstić information content (AvgIpc) is 2.83. The highest BCUT2D eigenvalue weighted by Gasteiger charge is 2.35. The van der Waals surface area contributed by atoms with Crippen molar-refractivity contribution in [1.29, 1.82) is 0 Å². The van der Waals surface area contributed by atoms with Gasteiger partial charge in [-0.2, -0.15) is 13.2 Å². The van der Waals surface area contributed by atoms with E-state index >= 15 is 0 Å². The van der Waals surface area contributed by atoms with E-state index in [1.807, 2.05) is 0 Å². The molecule has 7 heteroatoms. The first-order valence-corrected chi connectivity index (χ1v) is 6.34. The number of fused-ring (bicyclic) bond motifs is 1. The highest BCUT2D eigenvalue weighted by molar-refractivity contribution is 5.61. The van der Waals surface area contributed by atoms with Gasteiger partial charge in [0, 0.05) is 12.0 Å². The number of nitrogens with two attached hydrogens (primary N) is 1. The zero-order valence-corrected chi connectivity index (χ0v) is 10.6. The summed E-state index contributed by atoms with van der Waals surface area (Å²) in [4.78, 5) is 0. The van der Waals surface area contributed by atoms with Crippen LogP contribution in [-0.4, -0.2) is 14.8 Å². The van der Waals surface area contributed by atoms with Gasteiger partial charge in [0.1, 0.15) is 5.82 Å². The molecule has 2 N–H and O–H groups in total. The lowest BCUT2D eigenvalue weighted by Crippen LogP contribution is -2.26. The predicted molar refractivity (Wildman–Crippen MR) is 66.6 cm³/mol. The summed E-state index contributed by atoms with van der Waals surface area (Å²) >= 11 is 0. The second kappa shape index (κ2) is 4.59. The number of aromatic nitrogens is 3. The zero-order chi connectivity index (χ0) is 14.3. The molecule has 2 heterocycles. The second-order valence-corrected chi connectivity index (χ2v) is 4.81. The molecule has 0 bridgehead atoms. The lowest BCUT2D eigenvalue weighted by Gasteiger charge is -2.23. The Labute approximate surface area is 113 Å². The summed E-state index contributed by atoms with van der Waals surface area (Å²) in [7, 11) is 0. The van der Waals surface area contributed by atoms with Gasteiger partial charge in [-0.15, -0.1) is 10.2 Å². The summed E-state index contributed by atoms with van der Waals surface area (Å²) in [6.07, 6.45) is -2.52. The number of benzene rings is 1. The van der Waals surface area contributed by atoms with Crippen LogP contribution < -0.4 is 5.73 Å². The molecule has 1 aromatic carbocycles. The minimum Gasteiger partial charge on any atom is -0.311 e. The first-order chi connectivity index (χ1) is 9.48. The molecule has 3 rings (SSSR count). The lowest BCUT2D eigenvalue weighted by atomic mass is 10.0. The molecule has 106 valence electrons. The van der Waals surface area contributed by atoms with Gasteiger partial charge in [0.25, 0.3) is 0 Å². The van der Waals surface area contributed by atoms with Crippen LogP contribution >= 0.6 is 0 Å². The van der Waals surface area contributed by atoms with E-state index in [0.717, 1.165) is 12.5 Å². The molecule has 2 aromatic rings. The van der Waals surface area contributed by atoms with Crippen LogP contribution in [0, 0.1) is 0 Å². The third kappa shape index (κ3) is 2.07. The summed E-state index contributed by atoms with van der Waals surface area (Å²) in [5, 5.41) is 7.90. The molecule has 4 nitrogen and oxygen atoms in total. The van der Waals surface area contributed by atoms with E-state index in [1.54, 1.807) is 10.6 Å². The Kier molecular flexibility index (Phi) is 3.01. The molecular formula is C13H13F3N4. The monoisotopic (exact) mass is 282 g/mol. The molecule has 0 radical (unpaired) electrons. The van der Waals surface area contributed by atoms with E-state index in [2.05, 4.69) is 10.2 Å². The maximum absolute atomic E-state index is 13.1. The zero-order valence-electron chi connectivity index (χ0n) is 10.6. The maximum atomic E-state index is 13.1. The number of hydrogen-bond acceptors (Lipinski definition) is 3. The van der Waals surface area contributed by atoms with E-state index in [1.165, 1.54) is 12.1 Å². The molecule has 1 aliphatic heterocycles. The normalized spacial score (nSPS) is 18.9. The molecular weight excluding hydrogens is 269 g/mol. The van der Waals surface area contributed by atoms with Gasteiger partial charge in [0.05, 0.1) is 11.7 Å². The van der Waals surface area contributed by atoms with Gasteiger partial charge in [0.15, 0.2) is 5.82 Å². The van der Waals surface area contributed by atoms with Crippen LogP contribution in [0.5, 0.6) is 0 Å². The number of alkyl halides is 3. The number of rotatable bonds is 1. The molecule has 0 saturated heterocycles. The van der Waals surface area contributed by atoms with Gasteiger partial charge >= 0.3 is 6.18 Å². The Morgan fingerprint density at radius 3 is 2.70 bits per heavy atom. The molecule has 1 atom stereocenters. The molecule has 1 aromatic heterocycles. The SMILES string of the molecule is NC1CCCc2nnc(-c3ccccc3C(F)(F)F)n21. The third-order valence-corrected chi connectivity index (χ3v) is 3.47. The van der Waals surface area contributed by atoms with E-state index in [4.69, 9.17) is 5.73 Å². The predicted octanol–water partition coefficient (Wildman–Crippen LogP) is 2.76. The van der Waals surface area contributed by atoms with Gasteiger partial charge in [0.2, 0.25) is 0 Å². The lowest BCUT2D eigenvalue weighted by molar-refractivity contribution is -0.137. The maximum Gasteiger partial charge on any atom is 0.417 e. The third-order valence-electron chi connectivity index (χ3n) is 3.47. The van der Waals surface area contributed by atoms with Crippen molar-refractivity contribution < 1.29 is 13.2 Å². The van der Waals surface area contributed by atoms with Crippen LogP contribution in [0.15, 0.2) is 24.3 Å². The fourth-order valence-corrected chi connectivity index (χ4v) is 2.55. The minimum absolute atomic E-state index is 0.0242.